The maximum absolute atomic E-state index is 12.9. The van der Waals surface area contributed by atoms with Gasteiger partial charge in [-0.3, -0.25) is 14.2 Å². The zero-order valence-electron chi connectivity index (χ0n) is 18.1. The Hall–Kier alpha value is -3.43. The number of piperidine rings is 1. The van der Waals surface area contributed by atoms with Gasteiger partial charge in [0.25, 0.3) is 11.5 Å². The lowest BCUT2D eigenvalue weighted by molar-refractivity contribution is 0.0203. The molecule has 1 saturated heterocycles. The van der Waals surface area contributed by atoms with Crippen molar-refractivity contribution in [1.29, 1.82) is 0 Å². The van der Waals surface area contributed by atoms with Gasteiger partial charge in [-0.2, -0.15) is 5.10 Å². The molecule has 10 heteroatoms. The number of rotatable bonds is 2. The predicted molar refractivity (Wildman–Crippen MR) is 112 cm³/mol. The van der Waals surface area contributed by atoms with E-state index in [-0.39, 0.29) is 23.5 Å². The number of hydrogen-bond acceptors (Lipinski definition) is 6. The number of H-pyrrole nitrogens is 1. The third-order valence-electron chi connectivity index (χ3n) is 5.34. The summed E-state index contributed by atoms with van der Waals surface area (Å²) in [6.45, 7) is 8.31. The van der Waals surface area contributed by atoms with E-state index in [9.17, 15) is 14.4 Å². The molecule has 0 radical (unpaired) electrons. The van der Waals surface area contributed by atoms with Crippen LogP contribution in [-0.2, 0) is 4.74 Å². The fourth-order valence-electron chi connectivity index (χ4n) is 3.92. The summed E-state index contributed by atoms with van der Waals surface area (Å²) in [6.07, 6.45) is 5.50. The van der Waals surface area contributed by atoms with Crippen molar-refractivity contribution in [1.82, 2.24) is 29.0 Å². The van der Waals surface area contributed by atoms with E-state index in [0.29, 0.717) is 42.8 Å². The number of carbonyl (C=O) groups is 2. The van der Waals surface area contributed by atoms with E-state index in [4.69, 9.17) is 4.74 Å². The second kappa shape index (κ2) is 7.68. The lowest BCUT2D eigenvalue weighted by Gasteiger charge is -2.33. The molecule has 1 aliphatic rings. The molecule has 31 heavy (non-hydrogen) atoms. The minimum Gasteiger partial charge on any atom is -0.444 e. The fraction of sp³-hybridized carbons (Fsp3) is 0.476. The average Bonchev–Trinajstić information content (AvgIpc) is 3.33. The SMILES string of the molecule is Cc1nn2c(C3CCN(C(=O)OC(C)(C)C)CC3)cc(=O)[nH]c2c1C(=O)n1ccnc1. The molecule has 1 aliphatic heterocycles. The summed E-state index contributed by atoms with van der Waals surface area (Å²) in [5.41, 5.74) is 1.12. The summed E-state index contributed by atoms with van der Waals surface area (Å²) in [5, 5.41) is 4.55. The monoisotopic (exact) mass is 426 g/mol. The number of carbonyl (C=O) groups excluding carboxylic acids is 2. The van der Waals surface area contributed by atoms with E-state index in [2.05, 4.69) is 15.1 Å². The number of aromatic nitrogens is 5. The van der Waals surface area contributed by atoms with Crippen LogP contribution >= 0.6 is 0 Å². The predicted octanol–water partition coefficient (Wildman–Crippen LogP) is 2.33. The van der Waals surface area contributed by atoms with Gasteiger partial charge in [0, 0.05) is 37.5 Å². The molecule has 0 aliphatic carbocycles. The van der Waals surface area contributed by atoms with Crippen LogP contribution in [0, 0.1) is 6.92 Å². The highest BCUT2D eigenvalue weighted by Crippen LogP contribution is 2.29. The molecule has 10 nitrogen and oxygen atoms in total. The van der Waals surface area contributed by atoms with Crippen molar-refractivity contribution in [3.8, 4) is 0 Å². The molecule has 4 rings (SSSR count). The van der Waals surface area contributed by atoms with Gasteiger partial charge in [0.2, 0.25) is 0 Å². The molecule has 0 aromatic carbocycles. The van der Waals surface area contributed by atoms with Crippen LogP contribution in [0.3, 0.4) is 0 Å². The first-order valence-corrected chi connectivity index (χ1v) is 10.3. The zero-order chi connectivity index (χ0) is 22.3. The highest BCUT2D eigenvalue weighted by atomic mass is 16.6. The molecule has 0 bridgehead atoms. The van der Waals surface area contributed by atoms with Gasteiger partial charge in [0.15, 0.2) is 0 Å². The minimum absolute atomic E-state index is 0.0268. The van der Waals surface area contributed by atoms with Crippen LogP contribution in [0.25, 0.3) is 5.65 Å². The fourth-order valence-corrected chi connectivity index (χ4v) is 3.92. The van der Waals surface area contributed by atoms with E-state index in [1.807, 2.05) is 20.8 Å². The molecule has 0 unspecified atom stereocenters. The highest BCUT2D eigenvalue weighted by molar-refractivity contribution is 6.02. The van der Waals surface area contributed by atoms with Gasteiger partial charge in [0.1, 0.15) is 23.1 Å². The van der Waals surface area contributed by atoms with Crippen molar-refractivity contribution in [2.75, 3.05) is 13.1 Å². The van der Waals surface area contributed by atoms with Crippen LogP contribution in [-0.4, -0.2) is 59.7 Å². The van der Waals surface area contributed by atoms with Crippen LogP contribution in [0.2, 0.25) is 0 Å². The average molecular weight is 426 g/mol. The molecular formula is C21H26N6O4. The van der Waals surface area contributed by atoms with Gasteiger partial charge in [-0.1, -0.05) is 0 Å². The Morgan fingerprint density at radius 3 is 2.55 bits per heavy atom. The minimum atomic E-state index is -0.544. The number of fused-ring (bicyclic) bond motifs is 1. The molecule has 3 aromatic rings. The normalized spacial score (nSPS) is 15.4. The van der Waals surface area contributed by atoms with Crippen LogP contribution < -0.4 is 5.56 Å². The van der Waals surface area contributed by atoms with Crippen molar-refractivity contribution in [3.05, 3.63) is 52.1 Å². The van der Waals surface area contributed by atoms with Crippen molar-refractivity contribution in [3.63, 3.8) is 0 Å². The third kappa shape index (κ3) is 4.10. The van der Waals surface area contributed by atoms with Crippen LogP contribution in [0.15, 0.2) is 29.6 Å². The topological polar surface area (TPSA) is 115 Å². The van der Waals surface area contributed by atoms with Crippen molar-refractivity contribution >= 4 is 17.6 Å². The molecule has 3 aromatic heterocycles. The largest absolute Gasteiger partial charge is 0.444 e. The Kier molecular flexibility index (Phi) is 5.16. The number of aryl methyl sites for hydroxylation is 1. The molecule has 1 amide bonds. The Morgan fingerprint density at radius 1 is 1.23 bits per heavy atom. The molecule has 0 atom stereocenters. The van der Waals surface area contributed by atoms with Gasteiger partial charge in [0.05, 0.1) is 11.4 Å². The van der Waals surface area contributed by atoms with Gasteiger partial charge in [-0.15, -0.1) is 0 Å². The van der Waals surface area contributed by atoms with Gasteiger partial charge >= 0.3 is 6.09 Å². The van der Waals surface area contributed by atoms with Gasteiger partial charge in [-0.25, -0.2) is 14.3 Å². The number of ether oxygens (including phenoxy) is 1. The number of aromatic amines is 1. The molecule has 4 heterocycles. The summed E-state index contributed by atoms with van der Waals surface area (Å²) in [5.74, 6) is -0.281. The second-order valence-electron chi connectivity index (χ2n) is 8.80. The number of hydrogen-bond donors (Lipinski definition) is 1. The molecule has 0 spiro atoms. The van der Waals surface area contributed by atoms with E-state index >= 15 is 0 Å². The summed E-state index contributed by atoms with van der Waals surface area (Å²) >= 11 is 0. The van der Waals surface area contributed by atoms with Crippen LogP contribution in [0.4, 0.5) is 4.79 Å². The van der Waals surface area contributed by atoms with E-state index in [1.54, 1.807) is 22.5 Å². The number of imidazole rings is 1. The molecular weight excluding hydrogens is 400 g/mol. The highest BCUT2D eigenvalue weighted by Gasteiger charge is 2.30. The second-order valence-corrected chi connectivity index (χ2v) is 8.80. The Balaban J connectivity index is 1.63. The number of likely N-dealkylation sites (tertiary alicyclic amines) is 1. The molecule has 164 valence electrons. The van der Waals surface area contributed by atoms with E-state index in [0.717, 1.165) is 5.69 Å². The summed E-state index contributed by atoms with van der Waals surface area (Å²) in [6, 6.07) is 1.53. The van der Waals surface area contributed by atoms with Crippen molar-refractivity contribution in [2.45, 2.75) is 52.1 Å². The van der Waals surface area contributed by atoms with E-state index in [1.165, 1.54) is 23.2 Å². The maximum atomic E-state index is 12.9. The summed E-state index contributed by atoms with van der Waals surface area (Å²) < 4.78 is 8.46. The standard InChI is InChI=1S/C21H26N6O4/c1-13-17(19(29)26-10-7-22-12-26)18-23-16(28)11-15(27(18)24-13)14-5-8-25(9-6-14)20(30)31-21(2,3)4/h7,10-12,14H,5-6,8-9H2,1-4H3,(H,23,28). The maximum Gasteiger partial charge on any atom is 0.410 e. The Morgan fingerprint density at radius 2 is 1.94 bits per heavy atom. The van der Waals surface area contributed by atoms with Crippen molar-refractivity contribution < 1.29 is 14.3 Å². The number of amides is 1. The zero-order valence-corrected chi connectivity index (χ0v) is 18.1. The van der Waals surface area contributed by atoms with E-state index < -0.39 is 5.60 Å². The molecule has 0 saturated carbocycles. The quantitative estimate of drug-likeness (QED) is 0.673. The summed E-state index contributed by atoms with van der Waals surface area (Å²) in [4.78, 5) is 46.1. The van der Waals surface area contributed by atoms with Crippen LogP contribution in [0.5, 0.6) is 0 Å². The first kappa shape index (κ1) is 20.8. The first-order valence-electron chi connectivity index (χ1n) is 10.3. The third-order valence-corrected chi connectivity index (χ3v) is 5.34. The molecule has 1 N–H and O–H groups in total. The Labute approximate surface area is 178 Å². The van der Waals surface area contributed by atoms with Crippen LogP contribution in [0.1, 0.15) is 61.3 Å². The molecule has 1 fully saturated rings. The number of nitrogens with one attached hydrogen (secondary N) is 1. The smallest absolute Gasteiger partial charge is 0.410 e. The van der Waals surface area contributed by atoms with Crippen molar-refractivity contribution in [2.24, 2.45) is 0 Å². The lowest BCUT2D eigenvalue weighted by Crippen LogP contribution is -2.41. The van der Waals surface area contributed by atoms with Gasteiger partial charge in [-0.05, 0) is 40.5 Å². The number of nitrogens with zero attached hydrogens (tertiary/aromatic N) is 5. The summed E-state index contributed by atoms with van der Waals surface area (Å²) in [7, 11) is 0. The van der Waals surface area contributed by atoms with Gasteiger partial charge < -0.3 is 14.6 Å². The first-order chi connectivity index (χ1) is 14.6. The Bertz CT molecular complexity index is 1180. The lowest BCUT2D eigenvalue weighted by atomic mass is 9.93.